The number of sulfonamides is 1. The highest BCUT2D eigenvalue weighted by Gasteiger charge is 2.25. The molecule has 0 spiro atoms. The number of piperidine rings is 1. The minimum atomic E-state index is -3.60. The molecule has 1 atom stereocenters. The number of carbonyl (C=O) groups is 2. The van der Waals surface area contributed by atoms with Gasteiger partial charge in [-0.3, -0.25) is 9.59 Å². The normalized spacial score (nSPS) is 15.8. The van der Waals surface area contributed by atoms with Crippen LogP contribution in [-0.4, -0.2) is 50.3 Å². The predicted octanol–water partition coefficient (Wildman–Crippen LogP) is 3.12. The van der Waals surface area contributed by atoms with E-state index in [9.17, 15) is 18.0 Å². The number of nitrogens with zero attached hydrogens (tertiary/aromatic N) is 1. The van der Waals surface area contributed by atoms with Gasteiger partial charge in [0.15, 0.2) is 0 Å². The molecule has 0 aromatic heterocycles. The van der Waals surface area contributed by atoms with Crippen LogP contribution in [0, 0.1) is 0 Å². The van der Waals surface area contributed by atoms with E-state index < -0.39 is 10.0 Å². The Morgan fingerprint density at radius 2 is 1.67 bits per heavy atom. The Balaban J connectivity index is 1.47. The second-order valence-electron chi connectivity index (χ2n) is 8.57. The summed E-state index contributed by atoms with van der Waals surface area (Å²) in [7, 11) is -3.60. The highest BCUT2D eigenvalue weighted by atomic mass is 32.2. The van der Waals surface area contributed by atoms with Crippen molar-refractivity contribution < 1.29 is 18.0 Å². The summed E-state index contributed by atoms with van der Waals surface area (Å²) in [4.78, 5) is 27.0. The minimum absolute atomic E-state index is 0.0337. The molecule has 2 aromatic rings. The molecule has 0 radical (unpaired) electrons. The molecule has 2 aromatic carbocycles. The Bertz CT molecular complexity index is 1030. The Kier molecular flexibility index (Phi) is 8.63. The number of nitrogens with one attached hydrogen (secondary N) is 2. The summed E-state index contributed by atoms with van der Waals surface area (Å²) in [5, 5.41) is 3.08. The van der Waals surface area contributed by atoms with Crippen molar-refractivity contribution in [1.82, 2.24) is 14.9 Å². The Hall–Kier alpha value is -2.71. The Morgan fingerprint density at radius 3 is 2.27 bits per heavy atom. The fourth-order valence-corrected chi connectivity index (χ4v) is 5.13. The van der Waals surface area contributed by atoms with Gasteiger partial charge in [0.1, 0.15) is 0 Å². The van der Waals surface area contributed by atoms with Gasteiger partial charge < -0.3 is 10.2 Å². The molecule has 1 heterocycles. The van der Waals surface area contributed by atoms with Gasteiger partial charge in [0.05, 0.1) is 4.90 Å². The van der Waals surface area contributed by atoms with Crippen molar-refractivity contribution in [2.24, 2.45) is 0 Å². The minimum Gasteiger partial charge on any atom is -0.353 e. The molecule has 33 heavy (non-hydrogen) atoms. The summed E-state index contributed by atoms with van der Waals surface area (Å²) < 4.78 is 27.4. The zero-order chi connectivity index (χ0) is 23.8. The van der Waals surface area contributed by atoms with Gasteiger partial charge in [-0.25, -0.2) is 13.1 Å². The van der Waals surface area contributed by atoms with E-state index in [2.05, 4.69) is 10.0 Å². The van der Waals surface area contributed by atoms with Gasteiger partial charge >= 0.3 is 0 Å². The van der Waals surface area contributed by atoms with Crippen LogP contribution in [0.1, 0.15) is 55.5 Å². The van der Waals surface area contributed by atoms with E-state index in [4.69, 9.17) is 0 Å². The molecule has 1 unspecified atom stereocenters. The third-order valence-electron chi connectivity index (χ3n) is 6.01. The van der Waals surface area contributed by atoms with E-state index in [-0.39, 0.29) is 28.8 Å². The van der Waals surface area contributed by atoms with Gasteiger partial charge in [0.2, 0.25) is 15.9 Å². The number of amides is 2. The lowest BCUT2D eigenvalue weighted by Gasteiger charge is -2.32. The first kappa shape index (κ1) is 24.9. The molecular weight excluding hydrogens is 438 g/mol. The molecule has 0 bridgehead atoms. The van der Waals surface area contributed by atoms with E-state index >= 15 is 0 Å². The van der Waals surface area contributed by atoms with E-state index in [1.54, 1.807) is 17.0 Å². The van der Waals surface area contributed by atoms with Crippen LogP contribution in [0.3, 0.4) is 0 Å². The van der Waals surface area contributed by atoms with Crippen LogP contribution in [0.4, 0.5) is 0 Å². The van der Waals surface area contributed by atoms with Crippen LogP contribution >= 0.6 is 0 Å². The lowest BCUT2D eigenvalue weighted by atomic mass is 10.0. The molecule has 0 aliphatic carbocycles. The number of likely N-dealkylation sites (tertiary alicyclic amines) is 1. The molecule has 2 amide bonds. The average Bonchev–Trinajstić information content (AvgIpc) is 2.83. The largest absolute Gasteiger partial charge is 0.353 e. The topological polar surface area (TPSA) is 95.6 Å². The van der Waals surface area contributed by atoms with Crippen LogP contribution in [-0.2, 0) is 21.2 Å². The first-order valence-corrected chi connectivity index (χ1v) is 13.0. The van der Waals surface area contributed by atoms with Crippen molar-refractivity contribution in [3.05, 3.63) is 65.7 Å². The van der Waals surface area contributed by atoms with E-state index in [1.165, 1.54) is 12.1 Å². The summed E-state index contributed by atoms with van der Waals surface area (Å²) in [6.07, 6.45) is 3.26. The van der Waals surface area contributed by atoms with Crippen molar-refractivity contribution >= 4 is 21.8 Å². The second kappa shape index (κ2) is 11.4. The number of hydrogen-bond donors (Lipinski definition) is 2. The van der Waals surface area contributed by atoms with Gasteiger partial charge in [-0.1, -0.05) is 37.3 Å². The van der Waals surface area contributed by atoms with Crippen molar-refractivity contribution in [1.29, 1.82) is 0 Å². The van der Waals surface area contributed by atoms with Crippen LogP contribution in [0.15, 0.2) is 59.5 Å². The van der Waals surface area contributed by atoms with Gasteiger partial charge in [0.25, 0.3) is 5.91 Å². The summed E-state index contributed by atoms with van der Waals surface area (Å²) in [5.74, 6) is -0.0888. The molecule has 2 N–H and O–H groups in total. The molecule has 8 heteroatoms. The lowest BCUT2D eigenvalue weighted by molar-refractivity contribution is -0.122. The van der Waals surface area contributed by atoms with Crippen LogP contribution in [0.25, 0.3) is 0 Å². The summed E-state index contributed by atoms with van der Waals surface area (Å²) in [6.45, 7) is 4.83. The van der Waals surface area contributed by atoms with Crippen molar-refractivity contribution in [2.75, 3.05) is 13.1 Å². The third kappa shape index (κ3) is 7.14. The van der Waals surface area contributed by atoms with Crippen molar-refractivity contribution in [2.45, 2.75) is 62.9 Å². The maximum Gasteiger partial charge on any atom is 0.253 e. The van der Waals surface area contributed by atoms with Gasteiger partial charge in [-0.15, -0.1) is 0 Å². The first-order valence-electron chi connectivity index (χ1n) is 11.5. The maximum absolute atomic E-state index is 12.8. The monoisotopic (exact) mass is 471 g/mol. The summed E-state index contributed by atoms with van der Waals surface area (Å²) >= 11 is 0. The van der Waals surface area contributed by atoms with Crippen LogP contribution < -0.4 is 10.0 Å². The number of rotatable bonds is 9. The van der Waals surface area contributed by atoms with E-state index in [1.807, 2.05) is 44.2 Å². The predicted molar refractivity (Wildman–Crippen MR) is 128 cm³/mol. The maximum atomic E-state index is 12.8. The van der Waals surface area contributed by atoms with Gasteiger partial charge in [-0.2, -0.15) is 0 Å². The van der Waals surface area contributed by atoms with Crippen LogP contribution in [0.2, 0.25) is 0 Å². The molecule has 1 fully saturated rings. The fourth-order valence-electron chi connectivity index (χ4n) is 3.80. The molecule has 178 valence electrons. The van der Waals surface area contributed by atoms with Crippen molar-refractivity contribution in [3.8, 4) is 0 Å². The smallest absolute Gasteiger partial charge is 0.253 e. The molecule has 1 aliphatic rings. The van der Waals surface area contributed by atoms with Gasteiger partial charge in [-0.05, 0) is 62.4 Å². The summed E-state index contributed by atoms with van der Waals surface area (Å²) in [5.41, 5.74) is 1.60. The number of carbonyl (C=O) groups excluding carboxylic acids is 2. The first-order chi connectivity index (χ1) is 15.8. The van der Waals surface area contributed by atoms with Crippen LogP contribution in [0.5, 0.6) is 0 Å². The Labute approximate surface area is 196 Å². The number of aryl methyl sites for hydroxylation is 1. The molecule has 3 rings (SSSR count). The highest BCUT2D eigenvalue weighted by Crippen LogP contribution is 2.17. The van der Waals surface area contributed by atoms with E-state index in [0.717, 1.165) is 5.56 Å². The Morgan fingerprint density at radius 1 is 1.03 bits per heavy atom. The van der Waals surface area contributed by atoms with Gasteiger partial charge in [0, 0.05) is 37.2 Å². The zero-order valence-corrected chi connectivity index (χ0v) is 20.1. The standard InChI is InChI=1S/C25H33N3O4S/c1-3-19(2)27-33(31,32)23-12-10-21(11-13-23)25(30)28-17-15-22(16-18-28)26-24(29)14-9-20-7-5-4-6-8-20/h4-8,10-13,19,22,27H,3,9,14-18H2,1-2H3,(H,26,29). The number of hydrogen-bond acceptors (Lipinski definition) is 4. The average molecular weight is 472 g/mol. The SMILES string of the molecule is CCC(C)NS(=O)(=O)c1ccc(C(=O)N2CCC(NC(=O)CCc3ccccc3)CC2)cc1. The molecule has 7 nitrogen and oxygen atoms in total. The fraction of sp³-hybridized carbons (Fsp3) is 0.440. The highest BCUT2D eigenvalue weighted by molar-refractivity contribution is 7.89. The molecule has 1 aliphatic heterocycles. The molecule has 1 saturated heterocycles. The second-order valence-corrected chi connectivity index (χ2v) is 10.3. The number of benzene rings is 2. The van der Waals surface area contributed by atoms with E-state index in [0.29, 0.717) is 50.8 Å². The molecule has 0 saturated carbocycles. The lowest BCUT2D eigenvalue weighted by Crippen LogP contribution is -2.46. The molecular formula is C25H33N3O4S. The third-order valence-corrected chi connectivity index (χ3v) is 7.62. The van der Waals surface area contributed by atoms with Crippen molar-refractivity contribution in [3.63, 3.8) is 0 Å². The summed E-state index contributed by atoms with van der Waals surface area (Å²) in [6, 6.07) is 15.9. The zero-order valence-electron chi connectivity index (χ0n) is 19.3. The quantitative estimate of drug-likeness (QED) is 0.587.